The summed E-state index contributed by atoms with van der Waals surface area (Å²) in [7, 11) is -2.47. The van der Waals surface area contributed by atoms with Crippen LogP contribution in [0, 0.1) is 0 Å². The molecule has 0 saturated heterocycles. The fourth-order valence-electron chi connectivity index (χ4n) is 4.42. The molecule has 0 heterocycles. The van der Waals surface area contributed by atoms with Crippen LogP contribution in [0.1, 0.15) is 73.6 Å². The van der Waals surface area contributed by atoms with Crippen LogP contribution in [-0.4, -0.2) is 26.1 Å². The molecular weight excluding hydrogens is 420 g/mol. The second-order valence-electron chi connectivity index (χ2n) is 10.2. The summed E-state index contributed by atoms with van der Waals surface area (Å²) in [5.74, 6) is 0. The highest BCUT2D eigenvalue weighted by Gasteiger charge is 2.49. The molecule has 0 aliphatic carbocycles. The highest BCUT2D eigenvalue weighted by atomic mass is 28.4. The van der Waals surface area contributed by atoms with E-state index in [1.165, 1.54) is 21.5 Å². The second-order valence-corrected chi connectivity index (χ2v) is 14.5. The molecule has 0 spiro atoms. The molecule has 2 aromatic carbocycles. The third kappa shape index (κ3) is 7.81. The highest BCUT2D eigenvalue weighted by molar-refractivity contribution is 6.99. The van der Waals surface area contributed by atoms with Gasteiger partial charge in [-0.1, -0.05) is 112 Å². The average Bonchev–Trinajstić information content (AvgIpc) is 2.80. The van der Waals surface area contributed by atoms with E-state index in [0.29, 0.717) is 6.61 Å². The molecule has 0 bridgehead atoms. The Bertz CT molecular complexity index is 839. The Morgan fingerprint density at radius 1 is 0.879 bits per heavy atom. The maximum absolute atomic E-state index is 9.76. The summed E-state index contributed by atoms with van der Waals surface area (Å²) in [5, 5.41) is 12.4. The van der Waals surface area contributed by atoms with Crippen LogP contribution in [0.2, 0.25) is 5.04 Å². The van der Waals surface area contributed by atoms with Gasteiger partial charge in [-0.25, -0.2) is 0 Å². The van der Waals surface area contributed by atoms with Gasteiger partial charge in [0.15, 0.2) is 0 Å². The van der Waals surface area contributed by atoms with Crippen LogP contribution in [0.5, 0.6) is 0 Å². The first-order valence-corrected chi connectivity index (χ1v) is 14.4. The van der Waals surface area contributed by atoms with Gasteiger partial charge in [-0.2, -0.15) is 0 Å². The topological polar surface area (TPSA) is 29.5 Å². The lowest BCUT2D eigenvalue weighted by atomic mass is 10.0. The molecule has 0 aromatic heterocycles. The first-order chi connectivity index (χ1) is 15.7. The van der Waals surface area contributed by atoms with E-state index in [4.69, 9.17) is 4.43 Å². The monoisotopic (exact) mass is 464 g/mol. The Balaban J connectivity index is 2.13. The molecule has 3 heteroatoms. The van der Waals surface area contributed by atoms with Crippen molar-refractivity contribution in [3.8, 4) is 0 Å². The van der Waals surface area contributed by atoms with E-state index in [1.807, 2.05) is 6.92 Å². The molecular formula is C30H44O2Si. The first kappa shape index (κ1) is 27.3. The van der Waals surface area contributed by atoms with E-state index in [1.54, 1.807) is 0 Å². The summed E-state index contributed by atoms with van der Waals surface area (Å²) in [6.45, 7) is 14.0. The van der Waals surface area contributed by atoms with Crippen LogP contribution in [0.3, 0.4) is 0 Å². The van der Waals surface area contributed by atoms with Crippen molar-refractivity contribution in [2.75, 3.05) is 6.61 Å². The molecule has 2 rings (SSSR count). The van der Waals surface area contributed by atoms with E-state index < -0.39 is 8.32 Å². The Morgan fingerprint density at radius 3 is 1.88 bits per heavy atom. The number of hydrogen-bond donors (Lipinski definition) is 1. The minimum Gasteiger partial charge on any atom is -0.404 e. The zero-order valence-corrected chi connectivity index (χ0v) is 22.6. The minimum absolute atomic E-state index is 0.000353. The maximum atomic E-state index is 9.76. The van der Waals surface area contributed by atoms with E-state index in [9.17, 15) is 5.11 Å². The number of rotatable bonds is 12. The van der Waals surface area contributed by atoms with Crippen molar-refractivity contribution in [2.24, 2.45) is 0 Å². The molecule has 1 N–H and O–H groups in total. The summed E-state index contributed by atoms with van der Waals surface area (Å²) < 4.78 is 6.96. The molecule has 0 fully saturated rings. The van der Waals surface area contributed by atoms with Gasteiger partial charge in [-0.3, -0.25) is 0 Å². The van der Waals surface area contributed by atoms with E-state index in [0.717, 1.165) is 32.1 Å². The Labute approximate surface area is 203 Å². The molecule has 0 aliphatic rings. The minimum atomic E-state index is -2.47. The Hall–Kier alpha value is -1.94. The maximum Gasteiger partial charge on any atom is 0.261 e. The number of aliphatic hydroxyl groups excluding tert-OH is 1. The van der Waals surface area contributed by atoms with Crippen molar-refractivity contribution in [2.45, 2.75) is 84.8 Å². The molecule has 180 valence electrons. The molecule has 0 saturated carbocycles. The zero-order chi connectivity index (χ0) is 24.3. The van der Waals surface area contributed by atoms with Gasteiger partial charge < -0.3 is 9.53 Å². The Kier molecular flexibility index (Phi) is 10.8. The van der Waals surface area contributed by atoms with Crippen LogP contribution in [0.25, 0.3) is 0 Å². The highest BCUT2D eigenvalue weighted by Crippen LogP contribution is 2.36. The lowest BCUT2D eigenvalue weighted by Gasteiger charge is -2.42. The van der Waals surface area contributed by atoms with Crippen LogP contribution in [-0.2, 0) is 4.43 Å². The van der Waals surface area contributed by atoms with Crippen molar-refractivity contribution < 1.29 is 9.53 Å². The predicted octanol–water partition coefficient (Wildman–Crippen LogP) is 6.79. The van der Waals surface area contributed by atoms with Crippen molar-refractivity contribution >= 4 is 18.7 Å². The van der Waals surface area contributed by atoms with E-state index in [2.05, 4.69) is 107 Å². The smallest absolute Gasteiger partial charge is 0.261 e. The normalized spacial score (nSPS) is 14.4. The average molecular weight is 465 g/mol. The number of hydrogen-bond acceptors (Lipinski definition) is 2. The molecule has 0 unspecified atom stereocenters. The predicted molar refractivity (Wildman–Crippen MR) is 146 cm³/mol. The summed E-state index contributed by atoms with van der Waals surface area (Å²) >= 11 is 0. The first-order valence-electron chi connectivity index (χ1n) is 12.4. The third-order valence-corrected chi connectivity index (χ3v) is 11.5. The van der Waals surface area contributed by atoms with Gasteiger partial charge in [0.05, 0.1) is 12.7 Å². The molecule has 0 aliphatic heterocycles. The number of allylic oxidation sites excluding steroid dienone is 3. The van der Waals surface area contributed by atoms with Crippen LogP contribution >= 0.6 is 0 Å². The standard InChI is InChI=1S/C30H44O2Si/c1-7-27(31)22-21-25(2)15-14-16-26(3)23-24-32-33(30(4,5)6,28-17-10-8-11-18-28)29-19-12-9-13-20-29/h8-13,15,17-20,23,27,31H,7,14,16,21-22,24H2,1-6H3/t27-/m1/s1. The summed E-state index contributed by atoms with van der Waals surface area (Å²) in [5.41, 5.74) is 2.74. The van der Waals surface area contributed by atoms with E-state index >= 15 is 0 Å². The second kappa shape index (κ2) is 13.1. The molecule has 2 aromatic rings. The molecule has 0 amide bonds. The largest absolute Gasteiger partial charge is 0.404 e. The number of aliphatic hydroxyl groups is 1. The van der Waals surface area contributed by atoms with Crippen LogP contribution in [0.4, 0.5) is 0 Å². The fourth-order valence-corrected chi connectivity index (χ4v) is 8.91. The van der Waals surface area contributed by atoms with Crippen molar-refractivity contribution in [1.82, 2.24) is 0 Å². The molecule has 33 heavy (non-hydrogen) atoms. The van der Waals surface area contributed by atoms with Gasteiger partial charge in [-0.05, 0) is 61.4 Å². The van der Waals surface area contributed by atoms with Crippen LogP contribution in [0.15, 0.2) is 84.0 Å². The zero-order valence-electron chi connectivity index (χ0n) is 21.6. The van der Waals surface area contributed by atoms with Gasteiger partial charge in [-0.15, -0.1) is 0 Å². The molecule has 2 nitrogen and oxygen atoms in total. The van der Waals surface area contributed by atoms with Gasteiger partial charge in [0.25, 0.3) is 8.32 Å². The lowest BCUT2D eigenvalue weighted by Crippen LogP contribution is -2.66. The molecule has 0 radical (unpaired) electrons. The molecule has 1 atom stereocenters. The third-order valence-electron chi connectivity index (χ3n) is 6.52. The fraction of sp³-hybridized carbons (Fsp3) is 0.467. The summed E-state index contributed by atoms with van der Waals surface area (Å²) in [6.07, 6.45) is 9.17. The van der Waals surface area contributed by atoms with Crippen LogP contribution < -0.4 is 10.4 Å². The quantitative estimate of drug-likeness (QED) is 0.277. The van der Waals surface area contributed by atoms with E-state index in [-0.39, 0.29) is 11.1 Å². The number of benzene rings is 2. The summed E-state index contributed by atoms with van der Waals surface area (Å²) in [6, 6.07) is 21.6. The van der Waals surface area contributed by atoms with Crippen molar-refractivity contribution in [3.05, 3.63) is 84.0 Å². The lowest BCUT2D eigenvalue weighted by molar-refractivity contribution is 0.160. The van der Waals surface area contributed by atoms with Gasteiger partial charge in [0.1, 0.15) is 0 Å². The van der Waals surface area contributed by atoms with Gasteiger partial charge in [0.2, 0.25) is 0 Å². The Morgan fingerprint density at radius 2 is 1.39 bits per heavy atom. The SMILES string of the molecule is CC[C@@H](O)CCC(C)=CCCC(C)=CCO[Si](c1ccccc1)(c1ccccc1)C(C)(C)C. The summed E-state index contributed by atoms with van der Waals surface area (Å²) in [4.78, 5) is 0. The van der Waals surface area contributed by atoms with Crippen molar-refractivity contribution in [1.29, 1.82) is 0 Å². The van der Waals surface area contributed by atoms with Gasteiger partial charge in [0, 0.05) is 0 Å². The van der Waals surface area contributed by atoms with Gasteiger partial charge >= 0.3 is 0 Å². The van der Waals surface area contributed by atoms with Crippen molar-refractivity contribution in [3.63, 3.8) is 0 Å².